The average Bonchev–Trinajstić information content (AvgIpc) is 3.16. The van der Waals surface area contributed by atoms with E-state index in [9.17, 15) is 0 Å². The van der Waals surface area contributed by atoms with Gasteiger partial charge < -0.3 is 9.88 Å². The minimum Gasteiger partial charge on any atom is -0.329 e. The third kappa shape index (κ3) is 2.81. The lowest BCUT2D eigenvalue weighted by molar-refractivity contribution is 0.646. The molecule has 3 rings (SSSR count). The van der Waals surface area contributed by atoms with Gasteiger partial charge in [0.2, 0.25) is 0 Å². The summed E-state index contributed by atoms with van der Waals surface area (Å²) in [5, 5.41) is 3.57. The Hall–Kier alpha value is -1.35. The van der Waals surface area contributed by atoms with Crippen LogP contribution in [0.25, 0.3) is 11.0 Å². The molecule has 1 N–H and O–H groups in total. The van der Waals surface area contributed by atoms with Crippen molar-refractivity contribution in [1.82, 2.24) is 14.9 Å². The predicted molar refractivity (Wildman–Crippen MR) is 79.5 cm³/mol. The summed E-state index contributed by atoms with van der Waals surface area (Å²) < 4.78 is 2.27. The van der Waals surface area contributed by atoms with Crippen molar-refractivity contribution in [3.05, 3.63) is 29.6 Å². The third-order valence-corrected chi connectivity index (χ3v) is 3.97. The Kier molecular flexibility index (Phi) is 3.56. The highest BCUT2D eigenvalue weighted by Gasteiger charge is 2.19. The molecule has 1 aromatic heterocycles. The molecule has 0 bridgehead atoms. The van der Waals surface area contributed by atoms with E-state index in [1.54, 1.807) is 0 Å². The molecule has 1 saturated carbocycles. The van der Waals surface area contributed by atoms with E-state index in [1.807, 2.05) is 0 Å². The van der Waals surface area contributed by atoms with Gasteiger partial charge in [0.15, 0.2) is 0 Å². The fraction of sp³-hybridized carbons (Fsp3) is 0.562. The number of nitrogens with zero attached hydrogens (tertiary/aromatic N) is 2. The molecule has 1 heterocycles. The zero-order valence-electron chi connectivity index (χ0n) is 11.9. The Morgan fingerprint density at radius 2 is 2.21 bits per heavy atom. The zero-order chi connectivity index (χ0) is 13.2. The Morgan fingerprint density at radius 3 is 2.95 bits per heavy atom. The van der Waals surface area contributed by atoms with E-state index in [2.05, 4.69) is 46.9 Å². The van der Waals surface area contributed by atoms with Gasteiger partial charge in [-0.15, -0.1) is 0 Å². The van der Waals surface area contributed by atoms with Crippen molar-refractivity contribution in [2.75, 3.05) is 6.54 Å². The number of nitrogens with one attached hydrogen (secondary N) is 1. The zero-order valence-corrected chi connectivity index (χ0v) is 11.9. The van der Waals surface area contributed by atoms with Crippen molar-refractivity contribution >= 4 is 11.0 Å². The van der Waals surface area contributed by atoms with Gasteiger partial charge in [0.25, 0.3) is 0 Å². The van der Waals surface area contributed by atoms with Crippen molar-refractivity contribution in [3.8, 4) is 0 Å². The normalized spacial score (nSPS) is 15.3. The molecule has 0 spiro atoms. The third-order valence-electron chi connectivity index (χ3n) is 3.97. The second-order valence-electron chi connectivity index (χ2n) is 5.56. The van der Waals surface area contributed by atoms with Gasteiger partial charge in [0.1, 0.15) is 5.82 Å². The van der Waals surface area contributed by atoms with Crippen LogP contribution >= 0.6 is 0 Å². The molecule has 3 nitrogen and oxygen atoms in total. The topological polar surface area (TPSA) is 29.9 Å². The standard InChI is InChI=1S/C16H23N3/c1-3-19-12(2)18-15-11-13(6-9-16(15)19)5-4-10-17-14-7-8-14/h6,9,11,14,17H,3-5,7-8,10H2,1-2H3. The van der Waals surface area contributed by atoms with E-state index in [0.29, 0.717) is 0 Å². The number of hydrogen-bond acceptors (Lipinski definition) is 2. The quantitative estimate of drug-likeness (QED) is 0.806. The lowest BCUT2D eigenvalue weighted by Gasteiger charge is -2.04. The molecule has 0 aliphatic heterocycles. The van der Waals surface area contributed by atoms with E-state index in [4.69, 9.17) is 0 Å². The molecule has 2 aromatic rings. The Labute approximate surface area is 115 Å². The highest BCUT2D eigenvalue weighted by Crippen LogP contribution is 2.20. The number of imidazole rings is 1. The van der Waals surface area contributed by atoms with Crippen LogP contribution in [0.1, 0.15) is 37.6 Å². The van der Waals surface area contributed by atoms with Crippen molar-refractivity contribution in [2.45, 2.75) is 52.1 Å². The molecule has 1 fully saturated rings. The average molecular weight is 257 g/mol. The van der Waals surface area contributed by atoms with Gasteiger partial charge in [-0.25, -0.2) is 4.98 Å². The highest BCUT2D eigenvalue weighted by molar-refractivity contribution is 5.76. The van der Waals surface area contributed by atoms with Crippen LogP contribution in [0.4, 0.5) is 0 Å². The van der Waals surface area contributed by atoms with Gasteiger partial charge in [-0.3, -0.25) is 0 Å². The van der Waals surface area contributed by atoms with Crippen LogP contribution in [0, 0.1) is 6.92 Å². The molecule has 0 amide bonds. The molecule has 0 saturated heterocycles. The lowest BCUT2D eigenvalue weighted by atomic mass is 10.1. The van der Waals surface area contributed by atoms with Crippen LogP contribution in [0.15, 0.2) is 18.2 Å². The molecule has 1 aromatic carbocycles. The molecular formula is C16H23N3. The number of hydrogen-bond donors (Lipinski definition) is 1. The largest absolute Gasteiger partial charge is 0.329 e. The summed E-state index contributed by atoms with van der Waals surface area (Å²) in [5.41, 5.74) is 3.82. The first-order valence-corrected chi connectivity index (χ1v) is 7.47. The van der Waals surface area contributed by atoms with E-state index >= 15 is 0 Å². The minimum absolute atomic E-state index is 0.824. The van der Waals surface area contributed by atoms with Crippen LogP contribution < -0.4 is 5.32 Å². The van der Waals surface area contributed by atoms with Gasteiger partial charge in [-0.05, 0) is 63.8 Å². The summed E-state index contributed by atoms with van der Waals surface area (Å²) >= 11 is 0. The fourth-order valence-corrected chi connectivity index (χ4v) is 2.74. The van der Waals surface area contributed by atoms with E-state index in [1.165, 1.54) is 30.3 Å². The Balaban J connectivity index is 1.66. The second-order valence-corrected chi connectivity index (χ2v) is 5.56. The van der Waals surface area contributed by atoms with Crippen molar-refractivity contribution < 1.29 is 0 Å². The maximum absolute atomic E-state index is 4.66. The molecule has 102 valence electrons. The second kappa shape index (κ2) is 5.33. The summed E-state index contributed by atoms with van der Waals surface area (Å²) in [6.07, 6.45) is 5.11. The monoisotopic (exact) mass is 257 g/mol. The van der Waals surface area contributed by atoms with E-state index in [0.717, 1.165) is 36.9 Å². The number of benzene rings is 1. The smallest absolute Gasteiger partial charge is 0.106 e. The maximum atomic E-state index is 4.66. The number of aromatic nitrogens is 2. The van der Waals surface area contributed by atoms with Gasteiger partial charge in [-0.1, -0.05) is 6.07 Å². The van der Waals surface area contributed by atoms with Gasteiger partial charge in [0.05, 0.1) is 11.0 Å². The number of rotatable bonds is 6. The van der Waals surface area contributed by atoms with Crippen LogP contribution in [-0.2, 0) is 13.0 Å². The Morgan fingerprint density at radius 1 is 1.37 bits per heavy atom. The predicted octanol–water partition coefficient (Wildman–Crippen LogP) is 3.05. The van der Waals surface area contributed by atoms with Crippen LogP contribution in [0.2, 0.25) is 0 Å². The molecule has 0 radical (unpaired) electrons. The molecule has 1 aliphatic carbocycles. The fourth-order valence-electron chi connectivity index (χ4n) is 2.74. The molecule has 0 atom stereocenters. The summed E-state index contributed by atoms with van der Waals surface area (Å²) in [4.78, 5) is 4.66. The SMILES string of the molecule is CCn1c(C)nc2cc(CCCNC3CC3)ccc21. The van der Waals surface area contributed by atoms with Crippen molar-refractivity contribution in [1.29, 1.82) is 0 Å². The lowest BCUT2D eigenvalue weighted by Crippen LogP contribution is -2.17. The van der Waals surface area contributed by atoms with Gasteiger partial charge in [0, 0.05) is 12.6 Å². The first-order chi connectivity index (χ1) is 9.28. The van der Waals surface area contributed by atoms with Crippen LogP contribution in [-0.4, -0.2) is 22.1 Å². The summed E-state index contributed by atoms with van der Waals surface area (Å²) in [6.45, 7) is 6.40. The summed E-state index contributed by atoms with van der Waals surface area (Å²) in [6, 6.07) is 7.56. The molecule has 1 aliphatic rings. The van der Waals surface area contributed by atoms with Crippen LogP contribution in [0.5, 0.6) is 0 Å². The van der Waals surface area contributed by atoms with E-state index in [-0.39, 0.29) is 0 Å². The Bertz CT molecular complexity index is 567. The molecule has 0 unspecified atom stereocenters. The first kappa shape index (κ1) is 12.7. The maximum Gasteiger partial charge on any atom is 0.106 e. The summed E-state index contributed by atoms with van der Waals surface area (Å²) in [5.74, 6) is 1.12. The van der Waals surface area contributed by atoms with Crippen molar-refractivity contribution in [2.24, 2.45) is 0 Å². The summed E-state index contributed by atoms with van der Waals surface area (Å²) in [7, 11) is 0. The number of aryl methyl sites for hydroxylation is 3. The first-order valence-electron chi connectivity index (χ1n) is 7.47. The minimum atomic E-state index is 0.824. The molecule has 3 heteroatoms. The van der Waals surface area contributed by atoms with Crippen molar-refractivity contribution in [3.63, 3.8) is 0 Å². The molecular weight excluding hydrogens is 234 g/mol. The van der Waals surface area contributed by atoms with Gasteiger partial charge in [-0.2, -0.15) is 0 Å². The number of fused-ring (bicyclic) bond motifs is 1. The highest BCUT2D eigenvalue weighted by atomic mass is 15.1. The van der Waals surface area contributed by atoms with E-state index < -0.39 is 0 Å². The van der Waals surface area contributed by atoms with Crippen LogP contribution in [0.3, 0.4) is 0 Å². The van der Waals surface area contributed by atoms with Gasteiger partial charge >= 0.3 is 0 Å². The molecule has 19 heavy (non-hydrogen) atoms.